The number of hydrogen-bond acceptors (Lipinski definition) is 0. The van der Waals surface area contributed by atoms with Crippen LogP contribution >= 0.6 is 0 Å². The normalized spacial score (nSPS) is 13.7. The number of aryl methyl sites for hydroxylation is 2. The Morgan fingerprint density at radius 1 is 1.00 bits per heavy atom. The molecule has 0 radical (unpaired) electrons. The summed E-state index contributed by atoms with van der Waals surface area (Å²) in [6.45, 7) is 4.28. The highest BCUT2D eigenvalue weighted by atomic mass is 14.0. The van der Waals surface area contributed by atoms with E-state index in [1.165, 1.54) is 22.3 Å². The van der Waals surface area contributed by atoms with Crippen molar-refractivity contribution < 1.29 is 0 Å². The summed E-state index contributed by atoms with van der Waals surface area (Å²) >= 11 is 0. The molecule has 0 fully saturated rings. The Bertz CT molecular complexity index is 417. The van der Waals surface area contributed by atoms with Crippen molar-refractivity contribution >= 4 is 6.08 Å². The lowest BCUT2D eigenvalue weighted by Gasteiger charge is -2.02. The molecule has 0 heterocycles. The van der Waals surface area contributed by atoms with Crippen molar-refractivity contribution in [2.45, 2.75) is 13.8 Å². The van der Waals surface area contributed by atoms with Crippen LogP contribution in [-0.2, 0) is 0 Å². The highest BCUT2D eigenvalue weighted by Crippen LogP contribution is 2.17. The minimum absolute atomic E-state index is 1.27. The second-order valence-corrected chi connectivity index (χ2v) is 3.72. The van der Waals surface area contributed by atoms with Crippen LogP contribution in [0.1, 0.15) is 16.7 Å². The minimum atomic E-state index is 1.27. The molecule has 0 N–H and O–H groups in total. The van der Waals surface area contributed by atoms with Crippen molar-refractivity contribution in [1.29, 1.82) is 0 Å². The van der Waals surface area contributed by atoms with Gasteiger partial charge in [0.1, 0.15) is 0 Å². The fraction of sp³-hybridized carbons (Fsp3) is 0.143. The van der Waals surface area contributed by atoms with Gasteiger partial charge in [0.15, 0.2) is 0 Å². The van der Waals surface area contributed by atoms with E-state index in [-0.39, 0.29) is 0 Å². The van der Waals surface area contributed by atoms with Gasteiger partial charge in [-0.05, 0) is 36.6 Å². The lowest BCUT2D eigenvalue weighted by Crippen LogP contribution is -1.82. The molecule has 0 aromatic heterocycles. The fourth-order valence-corrected chi connectivity index (χ4v) is 1.65. The third kappa shape index (κ3) is 1.85. The van der Waals surface area contributed by atoms with E-state index in [0.717, 1.165) is 0 Å². The Kier molecular flexibility index (Phi) is 2.36. The molecule has 1 aromatic rings. The molecule has 0 saturated heterocycles. The first-order chi connectivity index (χ1) is 6.75. The van der Waals surface area contributed by atoms with Gasteiger partial charge in [-0.1, -0.05) is 48.1 Å². The zero-order chi connectivity index (χ0) is 9.97. The van der Waals surface area contributed by atoms with Gasteiger partial charge in [-0.25, -0.2) is 0 Å². The van der Waals surface area contributed by atoms with Gasteiger partial charge < -0.3 is 0 Å². The van der Waals surface area contributed by atoms with E-state index < -0.39 is 0 Å². The SMILES string of the molecule is Cc1ccc(C=C2C=CC=C2)c(C)c1. The van der Waals surface area contributed by atoms with E-state index in [1.807, 2.05) is 0 Å². The van der Waals surface area contributed by atoms with Crippen LogP contribution in [0.4, 0.5) is 0 Å². The van der Waals surface area contributed by atoms with E-state index in [4.69, 9.17) is 0 Å². The predicted octanol–water partition coefficient (Wildman–Crippen LogP) is 3.81. The molecule has 2 rings (SSSR count). The Balaban J connectivity index is 2.38. The second kappa shape index (κ2) is 3.67. The molecule has 1 aromatic carbocycles. The Labute approximate surface area is 85.3 Å². The van der Waals surface area contributed by atoms with Gasteiger partial charge in [0.2, 0.25) is 0 Å². The molecule has 1 aliphatic rings. The zero-order valence-electron chi connectivity index (χ0n) is 8.62. The minimum Gasteiger partial charge on any atom is -0.0617 e. The Morgan fingerprint density at radius 3 is 2.36 bits per heavy atom. The van der Waals surface area contributed by atoms with Crippen LogP contribution in [0, 0.1) is 13.8 Å². The average Bonchev–Trinajstić information content (AvgIpc) is 2.62. The van der Waals surface area contributed by atoms with Crippen molar-refractivity contribution in [3.8, 4) is 0 Å². The fourth-order valence-electron chi connectivity index (χ4n) is 1.65. The van der Waals surface area contributed by atoms with Gasteiger partial charge in [0, 0.05) is 0 Å². The first kappa shape index (κ1) is 9.01. The van der Waals surface area contributed by atoms with Crippen LogP contribution in [0.15, 0.2) is 48.1 Å². The molecule has 14 heavy (non-hydrogen) atoms. The third-order valence-corrected chi connectivity index (χ3v) is 2.44. The summed E-state index contributed by atoms with van der Waals surface area (Å²) in [7, 11) is 0. The predicted molar refractivity (Wildman–Crippen MR) is 62.2 cm³/mol. The zero-order valence-corrected chi connectivity index (χ0v) is 8.62. The molecule has 0 heteroatoms. The molecule has 0 amide bonds. The molecule has 0 saturated carbocycles. The highest BCUT2D eigenvalue weighted by Gasteiger charge is 1.97. The van der Waals surface area contributed by atoms with Crippen LogP contribution < -0.4 is 0 Å². The quantitative estimate of drug-likeness (QED) is 0.619. The largest absolute Gasteiger partial charge is 0.0617 e. The number of benzene rings is 1. The standard InChI is InChI=1S/C14H14/c1-11-7-8-14(12(2)9-11)10-13-5-3-4-6-13/h3-10H,1-2H3. The van der Waals surface area contributed by atoms with E-state index in [1.54, 1.807) is 0 Å². The number of allylic oxidation sites excluding steroid dienone is 5. The van der Waals surface area contributed by atoms with Crippen molar-refractivity contribution in [2.24, 2.45) is 0 Å². The molecule has 0 atom stereocenters. The van der Waals surface area contributed by atoms with Gasteiger partial charge in [-0.2, -0.15) is 0 Å². The van der Waals surface area contributed by atoms with Crippen molar-refractivity contribution in [2.75, 3.05) is 0 Å². The maximum atomic E-state index is 2.22. The van der Waals surface area contributed by atoms with Crippen LogP contribution in [0.25, 0.3) is 6.08 Å². The Morgan fingerprint density at radius 2 is 1.71 bits per heavy atom. The summed E-state index contributed by atoms with van der Waals surface area (Å²) in [5, 5.41) is 0. The average molecular weight is 182 g/mol. The Hall–Kier alpha value is -1.56. The summed E-state index contributed by atoms with van der Waals surface area (Å²) in [6, 6.07) is 6.55. The molecule has 0 bridgehead atoms. The lowest BCUT2D eigenvalue weighted by molar-refractivity contribution is 1.37. The monoisotopic (exact) mass is 182 g/mol. The molecular formula is C14H14. The summed E-state index contributed by atoms with van der Waals surface area (Å²) in [5.41, 5.74) is 5.24. The molecule has 0 aliphatic heterocycles. The van der Waals surface area contributed by atoms with Gasteiger partial charge in [0.25, 0.3) is 0 Å². The number of rotatable bonds is 1. The number of hydrogen-bond donors (Lipinski definition) is 0. The second-order valence-electron chi connectivity index (χ2n) is 3.72. The molecule has 0 nitrogen and oxygen atoms in total. The summed E-state index contributed by atoms with van der Waals surface area (Å²) in [6.07, 6.45) is 10.6. The van der Waals surface area contributed by atoms with Crippen LogP contribution in [-0.4, -0.2) is 0 Å². The molecule has 0 spiro atoms. The van der Waals surface area contributed by atoms with Gasteiger partial charge in [-0.3, -0.25) is 0 Å². The molecule has 1 aliphatic carbocycles. The van der Waals surface area contributed by atoms with E-state index in [2.05, 4.69) is 62.4 Å². The first-order valence-electron chi connectivity index (χ1n) is 4.89. The smallest absolute Gasteiger partial charge is 0.0221 e. The molecular weight excluding hydrogens is 168 g/mol. The van der Waals surface area contributed by atoms with Crippen molar-refractivity contribution in [1.82, 2.24) is 0 Å². The van der Waals surface area contributed by atoms with E-state index >= 15 is 0 Å². The molecule has 70 valence electrons. The van der Waals surface area contributed by atoms with Gasteiger partial charge >= 0.3 is 0 Å². The third-order valence-electron chi connectivity index (χ3n) is 2.44. The maximum absolute atomic E-state index is 2.22. The van der Waals surface area contributed by atoms with Crippen molar-refractivity contribution in [3.05, 3.63) is 64.8 Å². The topological polar surface area (TPSA) is 0 Å². The van der Waals surface area contributed by atoms with Crippen molar-refractivity contribution in [3.63, 3.8) is 0 Å². The highest BCUT2D eigenvalue weighted by molar-refractivity contribution is 5.64. The van der Waals surface area contributed by atoms with Crippen LogP contribution in [0.3, 0.4) is 0 Å². The molecule has 0 unspecified atom stereocenters. The van der Waals surface area contributed by atoms with Gasteiger partial charge in [0.05, 0.1) is 0 Å². The summed E-state index contributed by atoms with van der Waals surface area (Å²) in [5.74, 6) is 0. The van der Waals surface area contributed by atoms with Crippen LogP contribution in [0.2, 0.25) is 0 Å². The van der Waals surface area contributed by atoms with Gasteiger partial charge in [-0.15, -0.1) is 0 Å². The van der Waals surface area contributed by atoms with E-state index in [0.29, 0.717) is 0 Å². The lowest BCUT2D eigenvalue weighted by atomic mass is 10.0. The van der Waals surface area contributed by atoms with E-state index in [9.17, 15) is 0 Å². The summed E-state index contributed by atoms with van der Waals surface area (Å²) in [4.78, 5) is 0. The maximum Gasteiger partial charge on any atom is -0.0221 e. The summed E-state index contributed by atoms with van der Waals surface area (Å²) < 4.78 is 0. The first-order valence-corrected chi connectivity index (χ1v) is 4.89. The van der Waals surface area contributed by atoms with Crippen LogP contribution in [0.5, 0.6) is 0 Å².